The molecule has 3 saturated carbocycles. The molecule has 6 atom stereocenters. The highest BCUT2D eigenvalue weighted by molar-refractivity contribution is 5.96. The lowest BCUT2D eigenvalue weighted by Crippen LogP contribution is -2.53. The van der Waals surface area contributed by atoms with E-state index in [0.29, 0.717) is 31.1 Å². The zero-order valence-corrected chi connectivity index (χ0v) is 18.2. The summed E-state index contributed by atoms with van der Waals surface area (Å²) in [6.45, 7) is 8.71. The van der Waals surface area contributed by atoms with Crippen LogP contribution in [0.4, 0.5) is 4.79 Å². The van der Waals surface area contributed by atoms with Crippen molar-refractivity contribution >= 4 is 17.7 Å². The van der Waals surface area contributed by atoms with Gasteiger partial charge in [-0.25, -0.2) is 4.79 Å². The number of Topliss-reactive ketones (excluding diaryl/α,β-unsaturated/α-hetero) is 1. The second-order valence-electron chi connectivity index (χ2n) is 10.6. The number of fused-ring (bicyclic) bond motifs is 5. The van der Waals surface area contributed by atoms with Crippen LogP contribution in [0.15, 0.2) is 11.6 Å². The van der Waals surface area contributed by atoms with Crippen molar-refractivity contribution in [3.05, 3.63) is 11.6 Å². The molecule has 3 unspecified atom stereocenters. The molecule has 0 aromatic rings. The largest absolute Gasteiger partial charge is 0.508 e. The van der Waals surface area contributed by atoms with Gasteiger partial charge in [0.25, 0.3) is 0 Å². The number of rotatable bonds is 3. The molecule has 29 heavy (non-hydrogen) atoms. The molecule has 0 amide bonds. The number of hydrogen-bond acceptors (Lipinski definition) is 5. The Kier molecular flexibility index (Phi) is 5.15. The first-order chi connectivity index (χ1) is 13.6. The lowest BCUT2D eigenvalue weighted by atomic mass is 9.48. The summed E-state index contributed by atoms with van der Waals surface area (Å²) in [6, 6.07) is 0. The quantitative estimate of drug-likeness (QED) is 0.630. The van der Waals surface area contributed by atoms with Gasteiger partial charge in [-0.1, -0.05) is 33.3 Å². The van der Waals surface area contributed by atoms with Crippen LogP contribution in [0.3, 0.4) is 0 Å². The van der Waals surface area contributed by atoms with Gasteiger partial charge in [-0.05, 0) is 61.3 Å². The molecule has 0 heterocycles. The first-order valence-electron chi connectivity index (χ1n) is 11.3. The topological polar surface area (TPSA) is 69.7 Å². The van der Waals surface area contributed by atoms with Gasteiger partial charge in [-0.3, -0.25) is 9.59 Å². The van der Waals surface area contributed by atoms with E-state index < -0.39 is 6.16 Å². The maximum atomic E-state index is 13.2. The Labute approximate surface area is 173 Å². The van der Waals surface area contributed by atoms with E-state index in [4.69, 9.17) is 9.47 Å². The van der Waals surface area contributed by atoms with E-state index >= 15 is 0 Å². The summed E-state index contributed by atoms with van der Waals surface area (Å²) in [4.78, 5) is 37.7. The van der Waals surface area contributed by atoms with E-state index in [0.717, 1.165) is 37.7 Å². The van der Waals surface area contributed by atoms with E-state index in [2.05, 4.69) is 13.8 Å². The van der Waals surface area contributed by atoms with Crippen molar-refractivity contribution in [2.75, 3.05) is 6.61 Å². The van der Waals surface area contributed by atoms with Crippen LogP contribution < -0.4 is 0 Å². The van der Waals surface area contributed by atoms with Crippen molar-refractivity contribution < 1.29 is 23.9 Å². The first kappa shape index (κ1) is 20.6. The summed E-state index contributed by atoms with van der Waals surface area (Å²) < 4.78 is 10.7. The second-order valence-corrected chi connectivity index (χ2v) is 10.6. The van der Waals surface area contributed by atoms with Gasteiger partial charge >= 0.3 is 6.16 Å². The van der Waals surface area contributed by atoms with Crippen LogP contribution in [0.5, 0.6) is 0 Å². The summed E-state index contributed by atoms with van der Waals surface area (Å²) in [5.74, 6) is 1.28. The van der Waals surface area contributed by atoms with Crippen LogP contribution in [0.2, 0.25) is 0 Å². The minimum atomic E-state index is -0.606. The van der Waals surface area contributed by atoms with Gasteiger partial charge in [0.2, 0.25) is 0 Å². The van der Waals surface area contributed by atoms with Crippen LogP contribution in [0.1, 0.15) is 72.6 Å². The lowest BCUT2D eigenvalue weighted by molar-refractivity contribution is -0.139. The fourth-order valence-corrected chi connectivity index (χ4v) is 6.65. The normalized spacial score (nSPS) is 41.3. The number of carbonyl (C=O) groups excluding carboxylic acids is 3. The van der Waals surface area contributed by atoms with Crippen LogP contribution in [-0.4, -0.2) is 30.4 Å². The third kappa shape index (κ3) is 3.34. The molecule has 3 fully saturated rings. The Hall–Kier alpha value is -1.65. The highest BCUT2D eigenvalue weighted by atomic mass is 16.7. The van der Waals surface area contributed by atoms with Gasteiger partial charge < -0.3 is 9.47 Å². The van der Waals surface area contributed by atoms with E-state index in [-0.39, 0.29) is 40.5 Å². The SMILES string of the molecule is CC(C)COC(=O)O[C@H]1CC[C@@]2(C)C(=CC(=O)C3C2CC[C@]2(C)C(=O)CCC32)C1. The highest BCUT2D eigenvalue weighted by Crippen LogP contribution is 2.63. The van der Waals surface area contributed by atoms with Crippen molar-refractivity contribution in [2.24, 2.45) is 34.5 Å². The molecule has 0 radical (unpaired) electrons. The van der Waals surface area contributed by atoms with Crippen LogP contribution in [0.25, 0.3) is 0 Å². The Balaban J connectivity index is 1.51. The van der Waals surface area contributed by atoms with Crippen LogP contribution >= 0.6 is 0 Å². The Morgan fingerprint density at radius 2 is 1.79 bits per heavy atom. The molecular weight excluding hydrogens is 368 g/mol. The minimum Gasteiger partial charge on any atom is -0.434 e. The molecule has 5 nitrogen and oxygen atoms in total. The predicted octanol–water partition coefficient (Wildman–Crippen LogP) is 4.88. The summed E-state index contributed by atoms with van der Waals surface area (Å²) in [6.07, 6.45) is 6.64. The van der Waals surface area contributed by atoms with Crippen LogP contribution in [-0.2, 0) is 19.1 Å². The fourth-order valence-electron chi connectivity index (χ4n) is 6.65. The van der Waals surface area contributed by atoms with E-state index in [1.165, 1.54) is 0 Å². The van der Waals surface area contributed by atoms with Crippen molar-refractivity contribution in [3.63, 3.8) is 0 Å². The van der Waals surface area contributed by atoms with Crippen molar-refractivity contribution in [1.82, 2.24) is 0 Å². The third-order valence-electron chi connectivity index (χ3n) is 8.41. The highest BCUT2D eigenvalue weighted by Gasteiger charge is 2.61. The first-order valence-corrected chi connectivity index (χ1v) is 11.3. The summed E-state index contributed by atoms with van der Waals surface area (Å²) in [5.41, 5.74) is 0.788. The summed E-state index contributed by atoms with van der Waals surface area (Å²) in [5, 5.41) is 0. The Bertz CT molecular complexity index is 752. The summed E-state index contributed by atoms with van der Waals surface area (Å²) in [7, 11) is 0. The van der Waals surface area contributed by atoms with Crippen molar-refractivity contribution in [3.8, 4) is 0 Å². The molecule has 0 bridgehead atoms. The van der Waals surface area contributed by atoms with Gasteiger partial charge in [0.1, 0.15) is 11.9 Å². The molecule has 4 rings (SSSR count). The molecule has 0 aromatic carbocycles. The van der Waals surface area contributed by atoms with Gasteiger partial charge in [0.05, 0.1) is 6.61 Å². The van der Waals surface area contributed by atoms with E-state index in [1.807, 2.05) is 19.9 Å². The second kappa shape index (κ2) is 7.24. The molecule has 0 spiro atoms. The standard InChI is InChI=1S/C24H34O5/c1-14(2)13-28-22(27)29-16-7-9-23(3)15(11-16)12-19(25)21-17-5-6-20(26)24(17,4)10-8-18(21)23/h12,14,16-18,21H,5-11,13H2,1-4H3/t16-,17?,18?,21?,23-,24-/m0/s1. The monoisotopic (exact) mass is 402 g/mol. The van der Waals surface area contributed by atoms with Crippen molar-refractivity contribution in [2.45, 2.75) is 78.7 Å². The maximum absolute atomic E-state index is 13.2. The van der Waals surface area contributed by atoms with E-state index in [1.54, 1.807) is 0 Å². The zero-order chi connectivity index (χ0) is 21.0. The molecule has 0 aliphatic heterocycles. The number of ketones is 2. The smallest absolute Gasteiger partial charge is 0.434 e. The molecule has 0 saturated heterocycles. The molecule has 0 aromatic heterocycles. The lowest BCUT2D eigenvalue weighted by Gasteiger charge is -2.55. The predicted molar refractivity (Wildman–Crippen MR) is 108 cm³/mol. The summed E-state index contributed by atoms with van der Waals surface area (Å²) >= 11 is 0. The Morgan fingerprint density at radius 1 is 1.10 bits per heavy atom. The Morgan fingerprint density at radius 3 is 2.52 bits per heavy atom. The number of hydrogen-bond donors (Lipinski definition) is 0. The van der Waals surface area contributed by atoms with Gasteiger partial charge in [0, 0.05) is 24.2 Å². The molecule has 4 aliphatic rings. The van der Waals surface area contributed by atoms with Crippen LogP contribution in [0, 0.1) is 34.5 Å². The number of carbonyl (C=O) groups is 3. The van der Waals surface area contributed by atoms with E-state index in [9.17, 15) is 14.4 Å². The maximum Gasteiger partial charge on any atom is 0.508 e. The third-order valence-corrected chi connectivity index (χ3v) is 8.41. The molecule has 160 valence electrons. The van der Waals surface area contributed by atoms with Gasteiger partial charge in [-0.2, -0.15) is 0 Å². The molecule has 4 aliphatic carbocycles. The van der Waals surface area contributed by atoms with Crippen molar-refractivity contribution in [1.29, 1.82) is 0 Å². The zero-order valence-electron chi connectivity index (χ0n) is 18.2. The molecule has 5 heteroatoms. The molecule has 0 N–H and O–H groups in total. The number of ether oxygens (including phenoxy) is 2. The average Bonchev–Trinajstić information content (AvgIpc) is 2.96. The average molecular weight is 403 g/mol. The number of allylic oxidation sites excluding steroid dienone is 1. The fraction of sp³-hybridized carbons (Fsp3) is 0.792. The molecular formula is C24H34O5. The van der Waals surface area contributed by atoms with Gasteiger partial charge in [0.15, 0.2) is 5.78 Å². The van der Waals surface area contributed by atoms with Gasteiger partial charge in [-0.15, -0.1) is 0 Å². The minimum absolute atomic E-state index is 0.0255.